The maximum Gasteiger partial charge on any atom is 0.254 e. The molecule has 1 amide bonds. The van der Waals surface area contributed by atoms with Crippen LogP contribution in [0.3, 0.4) is 0 Å². The van der Waals surface area contributed by atoms with Crippen molar-refractivity contribution < 1.29 is 4.79 Å². The number of rotatable bonds is 4. The lowest BCUT2D eigenvalue weighted by Gasteiger charge is -2.21. The maximum absolute atomic E-state index is 12.9. The van der Waals surface area contributed by atoms with Gasteiger partial charge in [-0.3, -0.25) is 9.78 Å². The van der Waals surface area contributed by atoms with E-state index in [9.17, 15) is 4.79 Å². The minimum Gasteiger partial charge on any atom is -0.354 e. The molecular weight excluding hydrogens is 374 g/mol. The summed E-state index contributed by atoms with van der Waals surface area (Å²) in [6, 6.07) is 20.0. The predicted octanol–water partition coefficient (Wildman–Crippen LogP) is 3.87. The largest absolute Gasteiger partial charge is 0.354 e. The van der Waals surface area contributed by atoms with Gasteiger partial charge >= 0.3 is 0 Å². The van der Waals surface area contributed by atoms with Crippen LogP contribution in [0, 0.1) is 11.5 Å². The summed E-state index contributed by atoms with van der Waals surface area (Å²) in [7, 11) is 0. The van der Waals surface area contributed by atoms with Crippen LogP contribution in [0.25, 0.3) is 11.1 Å². The van der Waals surface area contributed by atoms with Crippen molar-refractivity contribution in [3.05, 3.63) is 78.6 Å². The summed E-state index contributed by atoms with van der Waals surface area (Å²) in [5.41, 5.74) is 4.62. The molecule has 6 heteroatoms. The number of nitrogens with zero attached hydrogens (tertiary/aromatic N) is 4. The minimum atomic E-state index is 0.0401. The summed E-state index contributed by atoms with van der Waals surface area (Å²) < 4.78 is 0. The molecule has 6 nitrogen and oxygen atoms in total. The molecule has 3 atom stereocenters. The number of hydrogen-bond donors (Lipinski definition) is 1. The quantitative estimate of drug-likeness (QED) is 0.536. The zero-order valence-corrected chi connectivity index (χ0v) is 16.6. The van der Waals surface area contributed by atoms with Crippen molar-refractivity contribution in [1.82, 2.24) is 14.8 Å². The van der Waals surface area contributed by atoms with Crippen molar-refractivity contribution in [2.45, 2.75) is 25.0 Å². The molecule has 0 aliphatic carbocycles. The van der Waals surface area contributed by atoms with Crippen molar-refractivity contribution >= 4 is 17.3 Å². The molecule has 3 heterocycles. The van der Waals surface area contributed by atoms with Crippen LogP contribution in [0.4, 0.5) is 11.4 Å². The Morgan fingerprint density at radius 1 is 1.13 bits per heavy atom. The number of piperazine rings is 1. The molecule has 2 aromatic carbocycles. The van der Waals surface area contributed by atoms with Crippen LogP contribution in [0.15, 0.2) is 73.1 Å². The number of amides is 1. The number of nitrogens with one attached hydrogen (secondary N) is 1. The second-order valence-corrected chi connectivity index (χ2v) is 7.75. The summed E-state index contributed by atoms with van der Waals surface area (Å²) in [5, 5.41) is 12.5. The highest BCUT2D eigenvalue weighted by molar-refractivity contribution is 5.97. The predicted molar refractivity (Wildman–Crippen MR) is 115 cm³/mol. The van der Waals surface area contributed by atoms with Crippen molar-refractivity contribution in [3.63, 3.8) is 0 Å². The number of benzene rings is 2. The van der Waals surface area contributed by atoms with E-state index in [4.69, 9.17) is 5.26 Å². The van der Waals surface area contributed by atoms with Gasteiger partial charge in [-0.15, -0.1) is 0 Å². The lowest BCUT2D eigenvalue weighted by molar-refractivity contribution is 0.0832. The highest BCUT2D eigenvalue weighted by Crippen LogP contribution is 2.41. The van der Waals surface area contributed by atoms with E-state index >= 15 is 0 Å². The van der Waals surface area contributed by atoms with Gasteiger partial charge in [-0.25, -0.2) is 0 Å². The molecule has 2 unspecified atom stereocenters. The zero-order valence-electron chi connectivity index (χ0n) is 16.6. The number of likely N-dealkylation sites (tertiary alicyclic amines) is 1. The fraction of sp³-hybridized carbons (Fsp3) is 0.208. The number of carbonyl (C=O) groups excluding carboxylic acids is 1. The van der Waals surface area contributed by atoms with E-state index in [0.717, 1.165) is 22.5 Å². The number of anilines is 2. The molecule has 0 saturated carbocycles. The van der Waals surface area contributed by atoms with Crippen molar-refractivity contribution in [3.8, 4) is 17.3 Å². The number of hydrogen-bond acceptors (Lipinski definition) is 5. The van der Waals surface area contributed by atoms with Gasteiger partial charge in [0.15, 0.2) is 6.19 Å². The van der Waals surface area contributed by atoms with Gasteiger partial charge in [-0.05, 0) is 42.8 Å². The monoisotopic (exact) mass is 395 g/mol. The molecule has 1 aromatic heterocycles. The molecule has 0 radical (unpaired) electrons. The number of pyridine rings is 1. The molecule has 0 bridgehead atoms. The fourth-order valence-corrected chi connectivity index (χ4v) is 4.38. The summed E-state index contributed by atoms with van der Waals surface area (Å²) in [6.45, 7) is 2.65. The van der Waals surface area contributed by atoms with Crippen LogP contribution in [-0.4, -0.2) is 45.4 Å². The Morgan fingerprint density at radius 2 is 1.90 bits per heavy atom. The van der Waals surface area contributed by atoms with Crippen LogP contribution in [0.5, 0.6) is 0 Å². The van der Waals surface area contributed by atoms with Crippen LogP contribution < -0.4 is 5.32 Å². The molecule has 30 heavy (non-hydrogen) atoms. The van der Waals surface area contributed by atoms with E-state index in [1.54, 1.807) is 17.3 Å². The molecule has 2 aliphatic heterocycles. The zero-order chi connectivity index (χ0) is 20.7. The summed E-state index contributed by atoms with van der Waals surface area (Å²) in [4.78, 5) is 20.8. The normalized spacial score (nSPS) is 21.7. The minimum absolute atomic E-state index is 0.0401. The Hall–Kier alpha value is -3.85. The van der Waals surface area contributed by atoms with Gasteiger partial charge in [0.2, 0.25) is 0 Å². The number of aromatic nitrogens is 1. The highest BCUT2D eigenvalue weighted by atomic mass is 16.2. The van der Waals surface area contributed by atoms with Crippen LogP contribution >= 0.6 is 0 Å². The average Bonchev–Trinajstić information content (AvgIpc) is 3.42. The van der Waals surface area contributed by atoms with Gasteiger partial charge in [-0.1, -0.05) is 30.3 Å². The molecule has 1 N–H and O–H groups in total. The van der Waals surface area contributed by atoms with E-state index in [0.29, 0.717) is 12.1 Å². The van der Waals surface area contributed by atoms with E-state index < -0.39 is 0 Å². The van der Waals surface area contributed by atoms with Crippen LogP contribution in [0.1, 0.15) is 17.3 Å². The molecular formula is C24H21N5O. The Labute approximate surface area is 175 Å². The topological polar surface area (TPSA) is 72.0 Å². The second-order valence-electron chi connectivity index (χ2n) is 7.75. The summed E-state index contributed by atoms with van der Waals surface area (Å²) in [5.74, 6) is 0.0401. The Bertz CT molecular complexity index is 1120. The van der Waals surface area contributed by atoms with Crippen LogP contribution in [-0.2, 0) is 0 Å². The first-order chi connectivity index (χ1) is 14.7. The first kappa shape index (κ1) is 18.2. The van der Waals surface area contributed by atoms with Gasteiger partial charge in [-0.2, -0.15) is 5.26 Å². The number of carbonyl (C=O) groups is 1. The van der Waals surface area contributed by atoms with E-state index in [2.05, 4.69) is 16.5 Å². The van der Waals surface area contributed by atoms with Gasteiger partial charge in [0.05, 0.1) is 36.6 Å². The maximum atomic E-state index is 12.9. The second kappa shape index (κ2) is 7.20. The van der Waals surface area contributed by atoms with Crippen LogP contribution in [0.2, 0.25) is 0 Å². The SMILES string of the molecule is CC1[C@H]2C(CN1C#N)N2C(=O)c1ccc(-c2ccncc2Nc2ccccc2)cc1. The average molecular weight is 395 g/mol. The van der Waals surface area contributed by atoms with Crippen molar-refractivity contribution in [2.24, 2.45) is 0 Å². The van der Waals surface area contributed by atoms with E-state index in [1.807, 2.05) is 72.5 Å². The third-order valence-corrected chi connectivity index (χ3v) is 6.03. The molecule has 148 valence electrons. The standard InChI is InChI=1S/C24H21N5O/c1-16-23-22(14-28(16)15-25)29(23)24(30)18-9-7-17(8-10-18)20-11-12-26-13-21(20)27-19-5-3-2-4-6-19/h2-13,16,22-23,27H,14H2,1H3/t16?,22?,23-,29?/m0/s1. The fourth-order valence-electron chi connectivity index (χ4n) is 4.38. The summed E-state index contributed by atoms with van der Waals surface area (Å²) in [6.07, 6.45) is 5.78. The lowest BCUT2D eigenvalue weighted by atomic mass is 10.0. The Balaban J connectivity index is 1.34. The molecule has 2 aliphatic rings. The lowest BCUT2D eigenvalue weighted by Crippen LogP contribution is -2.35. The smallest absolute Gasteiger partial charge is 0.254 e. The molecule has 0 spiro atoms. The molecule has 3 aromatic rings. The van der Waals surface area contributed by atoms with Crippen molar-refractivity contribution in [1.29, 1.82) is 5.26 Å². The highest BCUT2D eigenvalue weighted by Gasteiger charge is 2.60. The number of fused-ring (bicyclic) bond motifs is 1. The molecule has 2 fully saturated rings. The van der Waals surface area contributed by atoms with Gasteiger partial charge in [0.1, 0.15) is 0 Å². The number of nitriles is 1. The van der Waals surface area contributed by atoms with Crippen molar-refractivity contribution in [2.75, 3.05) is 11.9 Å². The first-order valence-corrected chi connectivity index (χ1v) is 10.0. The third-order valence-electron chi connectivity index (χ3n) is 6.03. The van der Waals surface area contributed by atoms with E-state index in [-0.39, 0.29) is 24.0 Å². The Morgan fingerprint density at radius 3 is 2.57 bits per heavy atom. The first-order valence-electron chi connectivity index (χ1n) is 10.0. The van der Waals surface area contributed by atoms with Gasteiger partial charge in [0.25, 0.3) is 5.91 Å². The van der Waals surface area contributed by atoms with Gasteiger partial charge < -0.3 is 15.1 Å². The Kier molecular flexibility index (Phi) is 4.36. The van der Waals surface area contributed by atoms with E-state index in [1.165, 1.54) is 0 Å². The third kappa shape index (κ3) is 3.05. The molecule has 2 saturated heterocycles. The summed E-state index contributed by atoms with van der Waals surface area (Å²) >= 11 is 0. The van der Waals surface area contributed by atoms with Gasteiger partial charge in [0, 0.05) is 23.0 Å². The molecule has 5 rings (SSSR count). The number of para-hydroxylation sites is 1.